The first-order valence-electron chi connectivity index (χ1n) is 8.12. The Hall–Kier alpha value is -1.85. The van der Waals surface area contributed by atoms with E-state index in [1.807, 2.05) is 48.5 Å². The fourth-order valence-electron chi connectivity index (χ4n) is 2.79. The van der Waals surface area contributed by atoms with Crippen LogP contribution in [0.25, 0.3) is 0 Å². The molecule has 4 nitrogen and oxygen atoms in total. The van der Waals surface area contributed by atoms with Crippen molar-refractivity contribution in [1.82, 2.24) is 5.32 Å². The van der Waals surface area contributed by atoms with Crippen molar-refractivity contribution in [3.05, 3.63) is 63.6 Å². The summed E-state index contributed by atoms with van der Waals surface area (Å²) in [4.78, 5) is 24.1. The number of benzene rings is 2. The largest absolute Gasteiger partial charge is 0.355 e. The Morgan fingerprint density at radius 3 is 2.56 bits per heavy atom. The minimum atomic E-state index is -0.124. The van der Waals surface area contributed by atoms with Crippen LogP contribution < -0.4 is 10.6 Å². The molecule has 1 fully saturated rings. The van der Waals surface area contributed by atoms with Gasteiger partial charge in [-0.2, -0.15) is 0 Å². The number of anilines is 1. The SMILES string of the molecule is O=C(CCNC(=O)C1CC1c1ccccc1Cl)Nc1ccc(Br)cc1. The molecule has 0 aliphatic heterocycles. The molecule has 2 N–H and O–H groups in total. The van der Waals surface area contributed by atoms with E-state index in [0.29, 0.717) is 11.6 Å². The van der Waals surface area contributed by atoms with E-state index >= 15 is 0 Å². The van der Waals surface area contributed by atoms with Crippen molar-refractivity contribution in [2.24, 2.45) is 5.92 Å². The van der Waals surface area contributed by atoms with Crippen molar-refractivity contribution >= 4 is 45.0 Å². The molecule has 1 saturated carbocycles. The molecule has 130 valence electrons. The fraction of sp³-hybridized carbons (Fsp3) is 0.263. The Bertz CT molecular complexity index is 779. The molecule has 1 aliphatic rings. The van der Waals surface area contributed by atoms with Crippen molar-refractivity contribution in [2.45, 2.75) is 18.8 Å². The van der Waals surface area contributed by atoms with Crippen LogP contribution in [-0.4, -0.2) is 18.4 Å². The zero-order valence-electron chi connectivity index (χ0n) is 13.5. The molecule has 2 aromatic carbocycles. The average Bonchev–Trinajstić information content (AvgIpc) is 3.38. The molecule has 0 bridgehead atoms. The molecule has 0 heterocycles. The predicted molar refractivity (Wildman–Crippen MR) is 103 cm³/mol. The number of nitrogens with one attached hydrogen (secondary N) is 2. The van der Waals surface area contributed by atoms with Crippen molar-refractivity contribution in [2.75, 3.05) is 11.9 Å². The third-order valence-corrected chi connectivity index (χ3v) is 5.08. The molecule has 6 heteroatoms. The first-order valence-corrected chi connectivity index (χ1v) is 9.29. The molecule has 0 radical (unpaired) electrons. The Kier molecular flexibility index (Phi) is 5.76. The van der Waals surface area contributed by atoms with Gasteiger partial charge in [-0.3, -0.25) is 9.59 Å². The van der Waals surface area contributed by atoms with E-state index in [9.17, 15) is 9.59 Å². The van der Waals surface area contributed by atoms with Crippen molar-refractivity contribution < 1.29 is 9.59 Å². The summed E-state index contributed by atoms with van der Waals surface area (Å²) in [5, 5.41) is 6.35. The van der Waals surface area contributed by atoms with Crippen LogP contribution in [0, 0.1) is 5.92 Å². The lowest BCUT2D eigenvalue weighted by Gasteiger charge is -2.07. The van der Waals surface area contributed by atoms with Gasteiger partial charge in [0.05, 0.1) is 0 Å². The van der Waals surface area contributed by atoms with Crippen LogP contribution >= 0.6 is 27.5 Å². The van der Waals surface area contributed by atoms with Crippen molar-refractivity contribution in [3.63, 3.8) is 0 Å². The second-order valence-corrected chi connectivity index (χ2v) is 7.39. The smallest absolute Gasteiger partial charge is 0.226 e. The highest BCUT2D eigenvalue weighted by Crippen LogP contribution is 2.49. The maximum atomic E-state index is 12.2. The molecule has 2 atom stereocenters. The highest BCUT2D eigenvalue weighted by molar-refractivity contribution is 9.10. The second-order valence-electron chi connectivity index (χ2n) is 6.07. The van der Waals surface area contributed by atoms with Gasteiger partial charge in [0.1, 0.15) is 0 Å². The van der Waals surface area contributed by atoms with Gasteiger partial charge in [-0.25, -0.2) is 0 Å². The Labute approximate surface area is 160 Å². The van der Waals surface area contributed by atoms with Crippen LogP contribution in [0.1, 0.15) is 24.3 Å². The summed E-state index contributed by atoms with van der Waals surface area (Å²) in [6.07, 6.45) is 1.05. The van der Waals surface area contributed by atoms with E-state index in [-0.39, 0.29) is 30.1 Å². The van der Waals surface area contributed by atoms with E-state index in [4.69, 9.17) is 11.6 Å². The van der Waals surface area contributed by atoms with Crippen molar-refractivity contribution in [1.29, 1.82) is 0 Å². The zero-order chi connectivity index (χ0) is 17.8. The van der Waals surface area contributed by atoms with E-state index in [1.54, 1.807) is 0 Å². The van der Waals surface area contributed by atoms with E-state index in [0.717, 1.165) is 22.1 Å². The number of amides is 2. The van der Waals surface area contributed by atoms with Crippen LogP contribution in [0.3, 0.4) is 0 Å². The molecule has 0 spiro atoms. The molecule has 2 amide bonds. The first-order chi connectivity index (χ1) is 12.0. The van der Waals surface area contributed by atoms with Crippen LogP contribution in [-0.2, 0) is 9.59 Å². The second kappa shape index (κ2) is 8.02. The summed E-state index contributed by atoms with van der Waals surface area (Å²) in [6, 6.07) is 15.0. The monoisotopic (exact) mass is 420 g/mol. The molecular weight excluding hydrogens is 404 g/mol. The lowest BCUT2D eigenvalue weighted by atomic mass is 10.1. The standard InChI is InChI=1S/C19H18BrClN2O2/c20-12-5-7-13(8-6-12)23-18(24)9-10-22-19(25)16-11-15(16)14-3-1-2-4-17(14)21/h1-8,15-16H,9-11H2,(H,22,25)(H,23,24). The van der Waals surface area contributed by atoms with Crippen molar-refractivity contribution in [3.8, 4) is 0 Å². The molecule has 0 saturated heterocycles. The molecule has 3 rings (SSSR count). The van der Waals surface area contributed by atoms with E-state index in [1.165, 1.54) is 0 Å². The summed E-state index contributed by atoms with van der Waals surface area (Å²) in [5.41, 5.74) is 1.76. The summed E-state index contributed by atoms with van der Waals surface area (Å²) in [7, 11) is 0. The summed E-state index contributed by atoms with van der Waals surface area (Å²) >= 11 is 9.52. The third-order valence-electron chi connectivity index (χ3n) is 4.21. The highest BCUT2D eigenvalue weighted by Gasteiger charge is 2.44. The van der Waals surface area contributed by atoms with Gasteiger partial charge >= 0.3 is 0 Å². The van der Waals surface area contributed by atoms with Gasteiger partial charge < -0.3 is 10.6 Å². The number of rotatable bonds is 6. The first kappa shape index (κ1) is 18.0. The van der Waals surface area contributed by atoms with E-state index < -0.39 is 0 Å². The topological polar surface area (TPSA) is 58.2 Å². The normalized spacial score (nSPS) is 18.5. The minimum absolute atomic E-state index is 0.0126. The summed E-state index contributed by atoms with van der Waals surface area (Å²) in [6.45, 7) is 0.326. The quantitative estimate of drug-likeness (QED) is 0.728. The zero-order valence-corrected chi connectivity index (χ0v) is 15.8. The van der Waals surface area contributed by atoms with Gasteiger partial charge in [0.2, 0.25) is 11.8 Å². The summed E-state index contributed by atoms with van der Waals surface area (Å²) in [5.74, 6) is 0.00200. The summed E-state index contributed by atoms with van der Waals surface area (Å²) < 4.78 is 0.954. The molecule has 2 aromatic rings. The molecule has 2 unspecified atom stereocenters. The van der Waals surface area contributed by atoms with Gasteiger partial charge in [0.15, 0.2) is 0 Å². The molecule has 0 aromatic heterocycles. The highest BCUT2D eigenvalue weighted by atomic mass is 79.9. The Morgan fingerprint density at radius 2 is 1.84 bits per heavy atom. The van der Waals surface area contributed by atoms with Gasteiger partial charge in [-0.05, 0) is 48.2 Å². The number of carbonyl (C=O) groups is 2. The van der Waals surface area contributed by atoms with Crippen LogP contribution in [0.15, 0.2) is 53.0 Å². The Morgan fingerprint density at radius 1 is 1.12 bits per heavy atom. The maximum Gasteiger partial charge on any atom is 0.226 e. The van der Waals surface area contributed by atoms with Gasteiger partial charge in [-0.15, -0.1) is 0 Å². The maximum absolute atomic E-state index is 12.2. The van der Waals surface area contributed by atoms with Crippen LogP contribution in [0.5, 0.6) is 0 Å². The van der Waals surface area contributed by atoms with Crippen LogP contribution in [0.4, 0.5) is 5.69 Å². The van der Waals surface area contributed by atoms with Gasteiger partial charge in [0, 0.05) is 34.1 Å². The lowest BCUT2D eigenvalue weighted by Crippen LogP contribution is -2.29. The number of hydrogen-bond donors (Lipinski definition) is 2. The fourth-order valence-corrected chi connectivity index (χ4v) is 3.33. The van der Waals surface area contributed by atoms with Gasteiger partial charge in [0.25, 0.3) is 0 Å². The third kappa shape index (κ3) is 4.83. The Balaban J connectivity index is 1.41. The predicted octanol–water partition coefficient (Wildman–Crippen LogP) is 4.35. The van der Waals surface area contributed by atoms with E-state index in [2.05, 4.69) is 26.6 Å². The average molecular weight is 422 g/mol. The molecular formula is C19H18BrClN2O2. The number of hydrogen-bond acceptors (Lipinski definition) is 2. The molecule has 1 aliphatic carbocycles. The van der Waals surface area contributed by atoms with Gasteiger partial charge in [-0.1, -0.05) is 45.7 Å². The molecule has 25 heavy (non-hydrogen) atoms. The minimum Gasteiger partial charge on any atom is -0.355 e. The lowest BCUT2D eigenvalue weighted by molar-refractivity contribution is -0.122. The number of halogens is 2. The number of carbonyl (C=O) groups excluding carboxylic acids is 2. The van der Waals surface area contributed by atoms with Crippen LogP contribution in [0.2, 0.25) is 5.02 Å².